The van der Waals surface area contributed by atoms with Crippen LogP contribution in [0, 0.1) is 0 Å². The van der Waals surface area contributed by atoms with E-state index in [0.717, 1.165) is 16.7 Å². The maximum Gasteiger partial charge on any atom is 0.236 e. The Labute approximate surface area is 181 Å². The Bertz CT molecular complexity index is 912. The highest BCUT2D eigenvalue weighted by Crippen LogP contribution is 2.29. The molecule has 2 heterocycles. The summed E-state index contributed by atoms with van der Waals surface area (Å²) in [6.45, 7) is 10.2. The van der Waals surface area contributed by atoms with E-state index in [4.69, 9.17) is 0 Å². The molecule has 0 bridgehead atoms. The van der Waals surface area contributed by atoms with Crippen molar-refractivity contribution in [2.75, 3.05) is 0 Å². The molecular formula is C22H28N4OS2. The number of hydrogen-bond acceptors (Lipinski definition) is 5. The van der Waals surface area contributed by atoms with Gasteiger partial charge in [0.1, 0.15) is 5.82 Å². The van der Waals surface area contributed by atoms with Crippen LogP contribution in [0.2, 0.25) is 0 Å². The van der Waals surface area contributed by atoms with Crippen molar-refractivity contribution in [2.45, 2.75) is 63.5 Å². The summed E-state index contributed by atoms with van der Waals surface area (Å²) in [5.74, 6) is 1.01. The summed E-state index contributed by atoms with van der Waals surface area (Å²) in [6, 6.07) is 14.6. The fourth-order valence-electron chi connectivity index (χ4n) is 3.42. The predicted octanol–water partition coefficient (Wildman–Crippen LogP) is 5.05. The van der Waals surface area contributed by atoms with E-state index >= 15 is 0 Å². The second-order valence-corrected chi connectivity index (χ2v) is 9.86. The summed E-state index contributed by atoms with van der Waals surface area (Å²) in [7, 11) is 0. The van der Waals surface area contributed by atoms with Crippen molar-refractivity contribution in [1.29, 1.82) is 0 Å². The summed E-state index contributed by atoms with van der Waals surface area (Å²) in [4.78, 5) is 16.3. The molecule has 0 saturated heterocycles. The molecule has 1 atom stereocenters. The maximum absolute atomic E-state index is 13.1. The first-order valence-electron chi connectivity index (χ1n) is 9.89. The Morgan fingerprint density at radius 1 is 1.03 bits per heavy atom. The highest BCUT2D eigenvalue weighted by atomic mass is 32.2. The molecule has 3 rings (SSSR count). The van der Waals surface area contributed by atoms with Crippen molar-refractivity contribution in [3.63, 3.8) is 0 Å². The SMILES string of the molecule is CC(Sc1nnc(Cc2cccs2)n1-c1ccccc1)C(=O)N(C(C)C)C(C)C. The van der Waals surface area contributed by atoms with Crippen LogP contribution < -0.4 is 0 Å². The number of aromatic nitrogens is 3. The molecule has 1 aromatic carbocycles. The first-order valence-corrected chi connectivity index (χ1v) is 11.6. The fourth-order valence-corrected chi connectivity index (χ4v) is 5.06. The zero-order valence-corrected chi connectivity index (χ0v) is 19.2. The number of benzene rings is 1. The van der Waals surface area contributed by atoms with Gasteiger partial charge in [-0.05, 0) is 58.2 Å². The Morgan fingerprint density at radius 3 is 2.31 bits per heavy atom. The molecule has 0 spiro atoms. The molecule has 154 valence electrons. The highest BCUT2D eigenvalue weighted by Gasteiger charge is 2.28. The number of amides is 1. The van der Waals surface area contributed by atoms with Gasteiger partial charge in [0.15, 0.2) is 5.16 Å². The van der Waals surface area contributed by atoms with E-state index in [-0.39, 0.29) is 23.2 Å². The molecule has 2 aromatic heterocycles. The van der Waals surface area contributed by atoms with E-state index in [2.05, 4.69) is 53.9 Å². The smallest absolute Gasteiger partial charge is 0.236 e. The predicted molar refractivity (Wildman–Crippen MR) is 121 cm³/mol. The largest absolute Gasteiger partial charge is 0.337 e. The lowest BCUT2D eigenvalue weighted by atomic mass is 10.2. The molecule has 0 radical (unpaired) electrons. The number of nitrogens with zero attached hydrogens (tertiary/aromatic N) is 4. The number of carbonyl (C=O) groups is 1. The summed E-state index contributed by atoms with van der Waals surface area (Å²) in [5, 5.41) is 11.5. The lowest BCUT2D eigenvalue weighted by molar-refractivity contribution is -0.133. The maximum atomic E-state index is 13.1. The van der Waals surface area contributed by atoms with Gasteiger partial charge < -0.3 is 4.90 Å². The van der Waals surface area contributed by atoms with E-state index in [1.54, 1.807) is 11.3 Å². The number of carbonyl (C=O) groups excluding carboxylic acids is 1. The molecule has 5 nitrogen and oxygen atoms in total. The molecule has 7 heteroatoms. The molecular weight excluding hydrogens is 400 g/mol. The third-order valence-corrected chi connectivity index (χ3v) is 6.53. The standard InChI is InChI=1S/C22H28N4OS2/c1-15(2)25(16(3)4)21(27)17(5)29-22-24-23-20(14-19-12-9-13-28-19)26(22)18-10-7-6-8-11-18/h6-13,15-17H,14H2,1-5H3. The van der Waals surface area contributed by atoms with Crippen LogP contribution in [-0.4, -0.2) is 42.9 Å². The van der Waals surface area contributed by atoms with Crippen LogP contribution in [-0.2, 0) is 11.2 Å². The van der Waals surface area contributed by atoms with Gasteiger partial charge in [0.25, 0.3) is 0 Å². The van der Waals surface area contributed by atoms with E-state index < -0.39 is 0 Å². The lowest BCUT2D eigenvalue weighted by Crippen LogP contribution is -2.45. The third-order valence-electron chi connectivity index (χ3n) is 4.62. The van der Waals surface area contributed by atoms with Gasteiger partial charge in [-0.2, -0.15) is 0 Å². The number of hydrogen-bond donors (Lipinski definition) is 0. The van der Waals surface area contributed by atoms with Gasteiger partial charge in [-0.3, -0.25) is 9.36 Å². The minimum atomic E-state index is -0.249. The molecule has 3 aromatic rings. The first-order chi connectivity index (χ1) is 13.9. The van der Waals surface area contributed by atoms with Crippen molar-refractivity contribution < 1.29 is 4.79 Å². The van der Waals surface area contributed by atoms with Gasteiger partial charge in [-0.25, -0.2) is 0 Å². The zero-order chi connectivity index (χ0) is 21.0. The molecule has 0 fully saturated rings. The average Bonchev–Trinajstić information content (AvgIpc) is 3.32. The van der Waals surface area contributed by atoms with Gasteiger partial charge in [-0.1, -0.05) is 36.0 Å². The quantitative estimate of drug-likeness (QED) is 0.471. The third kappa shape index (κ3) is 5.08. The number of thioether (sulfide) groups is 1. The average molecular weight is 429 g/mol. The van der Waals surface area contributed by atoms with Crippen molar-refractivity contribution in [1.82, 2.24) is 19.7 Å². The minimum Gasteiger partial charge on any atom is -0.337 e. The van der Waals surface area contributed by atoms with E-state index in [1.807, 2.05) is 48.2 Å². The second kappa shape index (κ2) is 9.59. The topological polar surface area (TPSA) is 51.0 Å². The number of rotatable bonds is 8. The first kappa shape index (κ1) is 21.6. The molecule has 1 unspecified atom stereocenters. The molecule has 0 aliphatic carbocycles. The van der Waals surface area contributed by atoms with Gasteiger partial charge >= 0.3 is 0 Å². The molecule has 0 N–H and O–H groups in total. The Morgan fingerprint density at radius 2 is 1.72 bits per heavy atom. The molecule has 1 amide bonds. The van der Waals surface area contributed by atoms with Gasteiger partial charge in [-0.15, -0.1) is 21.5 Å². The van der Waals surface area contributed by atoms with Crippen molar-refractivity contribution in [3.05, 3.63) is 58.5 Å². The molecule has 0 saturated carbocycles. The van der Waals surface area contributed by atoms with Crippen LogP contribution in [0.4, 0.5) is 0 Å². The van der Waals surface area contributed by atoms with Crippen LogP contribution in [0.3, 0.4) is 0 Å². The van der Waals surface area contributed by atoms with E-state index in [0.29, 0.717) is 6.42 Å². The second-order valence-electron chi connectivity index (χ2n) is 7.52. The van der Waals surface area contributed by atoms with Crippen molar-refractivity contribution >= 4 is 29.0 Å². The summed E-state index contributed by atoms with van der Waals surface area (Å²) < 4.78 is 2.07. The Hall–Kier alpha value is -2.12. The minimum absolute atomic E-state index is 0.127. The van der Waals surface area contributed by atoms with E-state index in [9.17, 15) is 4.79 Å². The highest BCUT2D eigenvalue weighted by molar-refractivity contribution is 8.00. The lowest BCUT2D eigenvalue weighted by Gasteiger charge is -2.32. The van der Waals surface area contributed by atoms with Gasteiger partial charge in [0.05, 0.1) is 5.25 Å². The fraction of sp³-hybridized carbons (Fsp3) is 0.409. The van der Waals surface area contributed by atoms with Crippen LogP contribution >= 0.6 is 23.1 Å². The van der Waals surface area contributed by atoms with Crippen molar-refractivity contribution in [2.24, 2.45) is 0 Å². The Balaban J connectivity index is 1.91. The summed E-state index contributed by atoms with van der Waals surface area (Å²) in [5.41, 5.74) is 1.01. The monoisotopic (exact) mass is 428 g/mol. The van der Waals surface area contributed by atoms with Crippen LogP contribution in [0.25, 0.3) is 5.69 Å². The van der Waals surface area contributed by atoms with Crippen LogP contribution in [0.15, 0.2) is 53.0 Å². The normalized spacial score (nSPS) is 12.5. The zero-order valence-electron chi connectivity index (χ0n) is 17.6. The summed E-state index contributed by atoms with van der Waals surface area (Å²) in [6.07, 6.45) is 0.715. The van der Waals surface area contributed by atoms with Crippen LogP contribution in [0.1, 0.15) is 45.3 Å². The van der Waals surface area contributed by atoms with E-state index in [1.165, 1.54) is 16.6 Å². The Kier molecular flexibility index (Phi) is 7.14. The molecule has 0 aliphatic heterocycles. The molecule has 0 aliphatic rings. The number of para-hydroxylation sites is 1. The van der Waals surface area contributed by atoms with Crippen LogP contribution in [0.5, 0.6) is 0 Å². The van der Waals surface area contributed by atoms with Gasteiger partial charge in [0, 0.05) is 29.1 Å². The number of thiophene rings is 1. The summed E-state index contributed by atoms with van der Waals surface area (Å²) >= 11 is 3.18. The molecule has 29 heavy (non-hydrogen) atoms. The van der Waals surface area contributed by atoms with Gasteiger partial charge in [0.2, 0.25) is 5.91 Å². The van der Waals surface area contributed by atoms with Crippen molar-refractivity contribution in [3.8, 4) is 5.69 Å².